The molecule has 2 unspecified atom stereocenters. The van der Waals surface area contributed by atoms with Crippen LogP contribution >= 0.6 is 0 Å². The average molecular weight is 240 g/mol. The summed E-state index contributed by atoms with van der Waals surface area (Å²) in [5.41, 5.74) is -0.824. The molecule has 0 amide bonds. The molecule has 1 N–H and O–H groups in total. The van der Waals surface area contributed by atoms with Crippen molar-refractivity contribution in [2.24, 2.45) is 0 Å². The van der Waals surface area contributed by atoms with Crippen molar-refractivity contribution in [1.82, 2.24) is 9.55 Å². The Kier molecular flexibility index (Phi) is 5.15. The first kappa shape index (κ1) is 13.7. The molecule has 1 aromatic rings. The van der Waals surface area contributed by atoms with Crippen LogP contribution in [0.1, 0.15) is 46.3 Å². The van der Waals surface area contributed by atoms with E-state index in [1.165, 1.54) is 16.8 Å². The van der Waals surface area contributed by atoms with E-state index in [0.717, 1.165) is 19.3 Å². The molecule has 5 nitrogen and oxygen atoms in total. The van der Waals surface area contributed by atoms with Crippen LogP contribution in [0.5, 0.6) is 0 Å². The molecule has 0 aliphatic carbocycles. The first-order valence-corrected chi connectivity index (χ1v) is 6.05. The van der Waals surface area contributed by atoms with Crippen molar-refractivity contribution in [2.45, 2.75) is 52.4 Å². The molecule has 0 fully saturated rings. The number of hydrogen-bond donors (Lipinski definition) is 1. The zero-order valence-corrected chi connectivity index (χ0v) is 10.6. The van der Waals surface area contributed by atoms with Crippen molar-refractivity contribution in [3.05, 3.63) is 33.1 Å². The lowest BCUT2D eigenvalue weighted by molar-refractivity contribution is -0.0504. The van der Waals surface area contributed by atoms with Gasteiger partial charge in [0.1, 0.15) is 6.23 Å². The summed E-state index contributed by atoms with van der Waals surface area (Å²) in [6.45, 7) is 5.96. The largest absolute Gasteiger partial charge is 0.355 e. The Labute approximate surface area is 100 Å². The third-order valence-electron chi connectivity index (χ3n) is 2.70. The molecule has 1 rings (SSSR count). The summed E-state index contributed by atoms with van der Waals surface area (Å²) in [7, 11) is 0. The van der Waals surface area contributed by atoms with Gasteiger partial charge in [-0.05, 0) is 19.8 Å². The van der Waals surface area contributed by atoms with Crippen LogP contribution in [0.2, 0.25) is 0 Å². The van der Waals surface area contributed by atoms with Gasteiger partial charge in [-0.1, -0.05) is 20.3 Å². The minimum Gasteiger partial charge on any atom is -0.355 e. The fourth-order valence-electron chi connectivity index (χ4n) is 1.75. The van der Waals surface area contributed by atoms with Crippen LogP contribution in [0.3, 0.4) is 0 Å². The quantitative estimate of drug-likeness (QED) is 0.822. The predicted octanol–water partition coefficient (Wildman–Crippen LogP) is 1.65. The second kappa shape index (κ2) is 6.39. The van der Waals surface area contributed by atoms with E-state index in [2.05, 4.69) is 18.8 Å². The van der Waals surface area contributed by atoms with Crippen molar-refractivity contribution in [2.75, 3.05) is 0 Å². The smallest absolute Gasteiger partial charge is 0.330 e. The summed E-state index contributed by atoms with van der Waals surface area (Å²) in [6, 6.07) is 1.32. The SMILES string of the molecule is CCCC(CC)OC(C)n1ccc(=O)[nH]c1=O. The minimum atomic E-state index is -0.434. The number of nitrogens with one attached hydrogen (secondary N) is 1. The van der Waals surface area contributed by atoms with Gasteiger partial charge < -0.3 is 4.74 Å². The van der Waals surface area contributed by atoms with Gasteiger partial charge in [-0.25, -0.2) is 4.79 Å². The number of nitrogens with zero attached hydrogens (tertiary/aromatic N) is 1. The summed E-state index contributed by atoms with van der Waals surface area (Å²) in [6.07, 6.45) is 4.18. The maximum absolute atomic E-state index is 11.5. The highest BCUT2D eigenvalue weighted by molar-refractivity contribution is 4.83. The summed E-state index contributed by atoms with van der Waals surface area (Å²) in [5.74, 6) is 0. The van der Waals surface area contributed by atoms with Gasteiger partial charge in [0.25, 0.3) is 5.56 Å². The number of ether oxygens (including phenoxy) is 1. The van der Waals surface area contributed by atoms with Crippen LogP contribution in [-0.4, -0.2) is 15.7 Å². The van der Waals surface area contributed by atoms with E-state index >= 15 is 0 Å². The molecule has 0 saturated carbocycles. The maximum atomic E-state index is 11.5. The Bertz CT molecular complexity index is 450. The van der Waals surface area contributed by atoms with Crippen molar-refractivity contribution in [3.63, 3.8) is 0 Å². The molecule has 0 spiro atoms. The Balaban J connectivity index is 2.78. The van der Waals surface area contributed by atoms with E-state index in [4.69, 9.17) is 4.74 Å². The molecule has 0 radical (unpaired) electrons. The highest BCUT2D eigenvalue weighted by Crippen LogP contribution is 2.14. The number of aromatic nitrogens is 2. The van der Waals surface area contributed by atoms with Gasteiger partial charge in [-0.2, -0.15) is 0 Å². The normalized spacial score (nSPS) is 14.5. The van der Waals surface area contributed by atoms with Crippen LogP contribution in [0.25, 0.3) is 0 Å². The molecule has 0 aliphatic rings. The average Bonchev–Trinajstić information content (AvgIpc) is 2.28. The van der Waals surface area contributed by atoms with Crippen LogP contribution in [0, 0.1) is 0 Å². The standard InChI is InChI=1S/C12H20N2O3/c1-4-6-10(5-2)17-9(3)14-8-7-11(15)13-12(14)16/h7-10H,4-6H2,1-3H3,(H,13,15,16). The van der Waals surface area contributed by atoms with E-state index in [-0.39, 0.29) is 17.9 Å². The first-order chi connectivity index (χ1) is 8.08. The number of hydrogen-bond acceptors (Lipinski definition) is 3. The predicted molar refractivity (Wildman–Crippen MR) is 66.1 cm³/mol. The maximum Gasteiger partial charge on any atom is 0.330 e. The topological polar surface area (TPSA) is 64.1 Å². The molecular weight excluding hydrogens is 220 g/mol. The first-order valence-electron chi connectivity index (χ1n) is 6.05. The molecule has 96 valence electrons. The molecule has 0 aromatic carbocycles. The third kappa shape index (κ3) is 3.85. The van der Waals surface area contributed by atoms with Gasteiger partial charge in [-0.15, -0.1) is 0 Å². The van der Waals surface area contributed by atoms with E-state index in [9.17, 15) is 9.59 Å². The monoisotopic (exact) mass is 240 g/mol. The summed E-state index contributed by atoms with van der Waals surface area (Å²) in [5, 5.41) is 0. The van der Waals surface area contributed by atoms with Crippen molar-refractivity contribution in [3.8, 4) is 0 Å². The number of rotatable bonds is 6. The second-order valence-corrected chi connectivity index (χ2v) is 4.07. The van der Waals surface area contributed by atoms with Gasteiger partial charge in [0.2, 0.25) is 0 Å². The van der Waals surface area contributed by atoms with Crippen molar-refractivity contribution < 1.29 is 4.74 Å². The molecule has 0 saturated heterocycles. The molecule has 0 aliphatic heterocycles. The molecular formula is C12H20N2O3. The van der Waals surface area contributed by atoms with Gasteiger partial charge in [-0.3, -0.25) is 14.3 Å². The van der Waals surface area contributed by atoms with Gasteiger partial charge >= 0.3 is 5.69 Å². The molecule has 1 aromatic heterocycles. The molecule has 5 heteroatoms. The lowest BCUT2D eigenvalue weighted by atomic mass is 10.1. The van der Waals surface area contributed by atoms with Crippen molar-refractivity contribution >= 4 is 0 Å². The number of aromatic amines is 1. The highest BCUT2D eigenvalue weighted by atomic mass is 16.5. The fraction of sp³-hybridized carbons (Fsp3) is 0.667. The van der Waals surface area contributed by atoms with Gasteiger partial charge in [0.15, 0.2) is 0 Å². The van der Waals surface area contributed by atoms with Crippen LogP contribution in [-0.2, 0) is 4.74 Å². The minimum absolute atomic E-state index is 0.147. The summed E-state index contributed by atoms with van der Waals surface area (Å²) in [4.78, 5) is 24.7. The van der Waals surface area contributed by atoms with Gasteiger partial charge in [0, 0.05) is 12.3 Å². The highest BCUT2D eigenvalue weighted by Gasteiger charge is 2.13. The molecule has 0 bridgehead atoms. The Morgan fingerprint density at radius 3 is 2.65 bits per heavy atom. The second-order valence-electron chi connectivity index (χ2n) is 4.07. The molecule has 1 heterocycles. The summed E-state index contributed by atoms with van der Waals surface area (Å²) >= 11 is 0. The van der Waals surface area contributed by atoms with Crippen LogP contribution in [0.15, 0.2) is 21.9 Å². The Morgan fingerprint density at radius 2 is 2.12 bits per heavy atom. The van der Waals surface area contributed by atoms with E-state index in [0.29, 0.717) is 0 Å². The molecule has 2 atom stereocenters. The van der Waals surface area contributed by atoms with Crippen molar-refractivity contribution in [1.29, 1.82) is 0 Å². The lowest BCUT2D eigenvalue weighted by Crippen LogP contribution is -2.32. The van der Waals surface area contributed by atoms with Crippen LogP contribution < -0.4 is 11.2 Å². The zero-order valence-electron chi connectivity index (χ0n) is 10.6. The fourth-order valence-corrected chi connectivity index (χ4v) is 1.75. The Hall–Kier alpha value is -1.36. The lowest BCUT2D eigenvalue weighted by Gasteiger charge is -2.22. The van der Waals surface area contributed by atoms with Crippen LogP contribution in [0.4, 0.5) is 0 Å². The molecule has 17 heavy (non-hydrogen) atoms. The zero-order chi connectivity index (χ0) is 12.8. The van der Waals surface area contributed by atoms with E-state index in [1.807, 2.05) is 0 Å². The summed E-state index contributed by atoms with van der Waals surface area (Å²) < 4.78 is 7.18. The van der Waals surface area contributed by atoms with E-state index < -0.39 is 5.69 Å². The Morgan fingerprint density at radius 1 is 1.41 bits per heavy atom. The van der Waals surface area contributed by atoms with E-state index in [1.54, 1.807) is 6.92 Å². The number of H-pyrrole nitrogens is 1. The van der Waals surface area contributed by atoms with Gasteiger partial charge in [0.05, 0.1) is 6.10 Å². The third-order valence-corrected chi connectivity index (χ3v) is 2.70.